The standard InChI is InChI=1S/C17H13NO5/c19-11-3-4-12-13(5-6-15(20)21)17(23-14(12)8-11)16(22)10-2-1-7-18-9-10/h1-4,7-9,19H,5-6H2,(H,20,21). The Morgan fingerprint density at radius 2 is 2.04 bits per heavy atom. The molecule has 0 radical (unpaired) electrons. The van der Waals surface area contributed by atoms with Gasteiger partial charge in [0.25, 0.3) is 0 Å². The van der Waals surface area contributed by atoms with Crippen molar-refractivity contribution in [2.75, 3.05) is 0 Å². The molecule has 0 unspecified atom stereocenters. The zero-order valence-electron chi connectivity index (χ0n) is 12.0. The predicted octanol–water partition coefficient (Wildman–Crippen LogP) is 2.78. The number of phenols is 1. The van der Waals surface area contributed by atoms with E-state index >= 15 is 0 Å². The molecule has 0 amide bonds. The summed E-state index contributed by atoms with van der Waals surface area (Å²) in [6.07, 6.45) is 3.02. The molecule has 0 spiro atoms. The second kappa shape index (κ2) is 5.92. The molecule has 2 heterocycles. The van der Waals surface area contributed by atoms with Crippen molar-refractivity contribution in [3.63, 3.8) is 0 Å². The summed E-state index contributed by atoms with van der Waals surface area (Å²) in [5.41, 5.74) is 1.22. The molecule has 0 aliphatic heterocycles. The lowest BCUT2D eigenvalue weighted by molar-refractivity contribution is -0.136. The second-order valence-electron chi connectivity index (χ2n) is 5.05. The number of carboxylic acids is 1. The number of hydrogen-bond acceptors (Lipinski definition) is 5. The Bertz CT molecular complexity index is 883. The summed E-state index contributed by atoms with van der Waals surface area (Å²) in [7, 11) is 0. The number of pyridine rings is 1. The molecule has 0 fully saturated rings. The van der Waals surface area contributed by atoms with Crippen LogP contribution < -0.4 is 0 Å². The van der Waals surface area contributed by atoms with Crippen molar-refractivity contribution >= 4 is 22.7 Å². The number of furan rings is 1. The molecule has 2 aromatic heterocycles. The Morgan fingerprint density at radius 1 is 1.22 bits per heavy atom. The van der Waals surface area contributed by atoms with E-state index in [1.165, 1.54) is 18.3 Å². The zero-order valence-corrected chi connectivity index (χ0v) is 12.0. The molecule has 0 saturated carbocycles. The molecule has 3 rings (SSSR count). The summed E-state index contributed by atoms with van der Waals surface area (Å²) >= 11 is 0. The Morgan fingerprint density at radius 3 is 2.74 bits per heavy atom. The topological polar surface area (TPSA) is 101 Å². The molecule has 0 saturated heterocycles. The number of carbonyl (C=O) groups excluding carboxylic acids is 1. The molecular weight excluding hydrogens is 298 g/mol. The van der Waals surface area contributed by atoms with Crippen molar-refractivity contribution in [2.45, 2.75) is 12.8 Å². The van der Waals surface area contributed by atoms with E-state index in [1.807, 2.05) is 0 Å². The smallest absolute Gasteiger partial charge is 0.303 e. The van der Waals surface area contributed by atoms with E-state index < -0.39 is 5.97 Å². The number of hydrogen-bond donors (Lipinski definition) is 2. The van der Waals surface area contributed by atoms with Crippen molar-refractivity contribution in [1.82, 2.24) is 4.98 Å². The molecule has 0 aliphatic carbocycles. The van der Waals surface area contributed by atoms with Crippen LogP contribution in [-0.4, -0.2) is 26.9 Å². The number of carbonyl (C=O) groups is 2. The van der Waals surface area contributed by atoms with Crippen molar-refractivity contribution < 1.29 is 24.2 Å². The van der Waals surface area contributed by atoms with Gasteiger partial charge in [0.1, 0.15) is 11.3 Å². The van der Waals surface area contributed by atoms with Crippen LogP contribution in [0.1, 0.15) is 28.1 Å². The third-order valence-electron chi connectivity index (χ3n) is 3.50. The normalized spacial score (nSPS) is 10.8. The first-order valence-electron chi connectivity index (χ1n) is 6.97. The summed E-state index contributed by atoms with van der Waals surface area (Å²) in [5.74, 6) is -1.23. The van der Waals surface area contributed by atoms with Crippen LogP contribution >= 0.6 is 0 Å². The van der Waals surface area contributed by atoms with Crippen molar-refractivity contribution in [3.8, 4) is 5.75 Å². The fraction of sp³-hybridized carbons (Fsp3) is 0.118. The maximum absolute atomic E-state index is 12.6. The highest BCUT2D eigenvalue weighted by Gasteiger charge is 2.22. The lowest BCUT2D eigenvalue weighted by atomic mass is 10.0. The first-order chi connectivity index (χ1) is 11.1. The minimum absolute atomic E-state index is 0.0106. The van der Waals surface area contributed by atoms with Crippen LogP contribution in [0, 0.1) is 0 Å². The molecule has 0 bridgehead atoms. The van der Waals surface area contributed by atoms with E-state index in [0.717, 1.165) is 0 Å². The van der Waals surface area contributed by atoms with Gasteiger partial charge in [-0.25, -0.2) is 0 Å². The van der Waals surface area contributed by atoms with E-state index in [1.54, 1.807) is 24.4 Å². The summed E-state index contributed by atoms with van der Waals surface area (Å²) < 4.78 is 5.60. The quantitative estimate of drug-likeness (QED) is 0.703. The van der Waals surface area contributed by atoms with Crippen LogP contribution in [0.5, 0.6) is 5.75 Å². The van der Waals surface area contributed by atoms with Crippen molar-refractivity contribution in [1.29, 1.82) is 0 Å². The summed E-state index contributed by atoms with van der Waals surface area (Å²) in [6.45, 7) is 0. The summed E-state index contributed by atoms with van der Waals surface area (Å²) in [5, 5.41) is 19.1. The van der Waals surface area contributed by atoms with Crippen LogP contribution in [0.25, 0.3) is 11.0 Å². The first-order valence-corrected chi connectivity index (χ1v) is 6.97. The molecule has 6 nitrogen and oxygen atoms in total. The minimum atomic E-state index is -0.960. The molecule has 116 valence electrons. The number of aryl methyl sites for hydroxylation is 1. The minimum Gasteiger partial charge on any atom is -0.508 e. The van der Waals surface area contributed by atoms with Gasteiger partial charge in [-0.2, -0.15) is 0 Å². The van der Waals surface area contributed by atoms with Crippen LogP contribution in [0.15, 0.2) is 47.1 Å². The molecular formula is C17H13NO5. The average molecular weight is 311 g/mol. The molecule has 2 N–H and O–H groups in total. The van der Waals surface area contributed by atoms with Crippen molar-refractivity contribution in [2.24, 2.45) is 0 Å². The second-order valence-corrected chi connectivity index (χ2v) is 5.05. The van der Waals surface area contributed by atoms with Crippen LogP contribution in [0.4, 0.5) is 0 Å². The monoisotopic (exact) mass is 311 g/mol. The third-order valence-corrected chi connectivity index (χ3v) is 3.50. The molecule has 0 aliphatic rings. The van der Waals surface area contributed by atoms with Gasteiger partial charge in [-0.3, -0.25) is 14.6 Å². The van der Waals surface area contributed by atoms with Gasteiger partial charge in [-0.05, 0) is 30.7 Å². The van der Waals surface area contributed by atoms with Gasteiger partial charge < -0.3 is 14.6 Å². The van der Waals surface area contributed by atoms with E-state index in [9.17, 15) is 14.7 Å². The Labute approximate surface area is 131 Å². The Hall–Kier alpha value is -3.15. The van der Waals surface area contributed by atoms with Crippen LogP contribution in [-0.2, 0) is 11.2 Å². The molecule has 6 heteroatoms. The maximum Gasteiger partial charge on any atom is 0.303 e. The number of carboxylic acid groups (broad SMARTS) is 1. The van der Waals surface area contributed by atoms with Crippen LogP contribution in [0.2, 0.25) is 0 Å². The fourth-order valence-electron chi connectivity index (χ4n) is 2.43. The number of rotatable bonds is 5. The number of fused-ring (bicyclic) bond motifs is 1. The number of nitrogens with zero attached hydrogens (tertiary/aromatic N) is 1. The SMILES string of the molecule is O=C(O)CCc1c(C(=O)c2cccnc2)oc2cc(O)ccc12. The lowest BCUT2D eigenvalue weighted by Crippen LogP contribution is -2.05. The number of aromatic hydroxyl groups is 1. The molecule has 0 atom stereocenters. The van der Waals surface area contributed by atoms with E-state index in [0.29, 0.717) is 22.1 Å². The average Bonchev–Trinajstić information content (AvgIpc) is 2.90. The molecule has 23 heavy (non-hydrogen) atoms. The van der Waals surface area contributed by atoms with Gasteiger partial charge in [-0.1, -0.05) is 0 Å². The number of ketones is 1. The highest BCUT2D eigenvalue weighted by atomic mass is 16.4. The van der Waals surface area contributed by atoms with Gasteiger partial charge in [0.05, 0.1) is 0 Å². The Kier molecular flexibility index (Phi) is 3.80. The lowest BCUT2D eigenvalue weighted by Gasteiger charge is -2.01. The number of phenolic OH excluding ortho intramolecular Hbond substituents is 1. The van der Waals surface area contributed by atoms with Gasteiger partial charge in [0.2, 0.25) is 5.78 Å². The Balaban J connectivity index is 2.12. The number of benzene rings is 1. The van der Waals surface area contributed by atoms with E-state index in [2.05, 4.69) is 4.98 Å². The van der Waals surface area contributed by atoms with Gasteiger partial charge >= 0.3 is 5.97 Å². The maximum atomic E-state index is 12.6. The third kappa shape index (κ3) is 2.91. The molecule has 3 aromatic rings. The zero-order chi connectivity index (χ0) is 16.4. The van der Waals surface area contributed by atoms with Gasteiger partial charge in [0, 0.05) is 41.4 Å². The van der Waals surface area contributed by atoms with Crippen molar-refractivity contribution in [3.05, 3.63) is 59.6 Å². The predicted molar refractivity (Wildman–Crippen MR) is 81.5 cm³/mol. The van der Waals surface area contributed by atoms with E-state index in [4.69, 9.17) is 9.52 Å². The van der Waals surface area contributed by atoms with E-state index in [-0.39, 0.29) is 30.1 Å². The van der Waals surface area contributed by atoms with Gasteiger partial charge in [-0.15, -0.1) is 0 Å². The first kappa shape index (κ1) is 14.8. The van der Waals surface area contributed by atoms with Crippen LogP contribution in [0.3, 0.4) is 0 Å². The highest BCUT2D eigenvalue weighted by Crippen LogP contribution is 2.31. The fourth-order valence-corrected chi connectivity index (χ4v) is 2.43. The number of aromatic nitrogens is 1. The number of aliphatic carboxylic acids is 1. The summed E-state index contributed by atoms with van der Waals surface area (Å²) in [6, 6.07) is 7.74. The van der Waals surface area contributed by atoms with Gasteiger partial charge in [0.15, 0.2) is 5.76 Å². The largest absolute Gasteiger partial charge is 0.508 e. The summed E-state index contributed by atoms with van der Waals surface area (Å²) in [4.78, 5) is 27.4. The molecule has 1 aromatic carbocycles. The highest BCUT2D eigenvalue weighted by molar-refractivity contribution is 6.10.